The Morgan fingerprint density at radius 1 is 1.08 bits per heavy atom. The van der Waals surface area contributed by atoms with E-state index >= 15 is 0 Å². The number of benzene rings is 2. The molecule has 0 spiro atoms. The molecule has 0 bridgehead atoms. The van der Waals surface area contributed by atoms with Gasteiger partial charge in [0.15, 0.2) is 18.2 Å². The number of ether oxygens (including phenoxy) is 3. The molecule has 0 unspecified atom stereocenters. The summed E-state index contributed by atoms with van der Waals surface area (Å²) in [5.74, 6) is -1.25. The first-order valence-electron chi connectivity index (χ1n) is 8.22. The molecule has 0 aliphatic carbocycles. The fraction of sp³-hybridized carbons (Fsp3) is 0.316. The second-order valence-corrected chi connectivity index (χ2v) is 5.48. The van der Waals surface area contributed by atoms with Gasteiger partial charge in [0.1, 0.15) is 17.3 Å². The van der Waals surface area contributed by atoms with Crippen LogP contribution in [0.1, 0.15) is 19.8 Å². The van der Waals surface area contributed by atoms with E-state index in [1.165, 1.54) is 7.11 Å². The lowest BCUT2D eigenvalue weighted by molar-refractivity contribution is -0.118. The Kier molecular flexibility index (Phi) is 7.20. The van der Waals surface area contributed by atoms with Crippen LogP contribution in [0.15, 0.2) is 36.4 Å². The van der Waals surface area contributed by atoms with Crippen molar-refractivity contribution in [2.45, 2.75) is 19.8 Å². The van der Waals surface area contributed by atoms with E-state index < -0.39 is 24.1 Å². The zero-order valence-corrected chi connectivity index (χ0v) is 14.7. The van der Waals surface area contributed by atoms with Crippen molar-refractivity contribution >= 4 is 11.6 Å². The molecule has 140 valence electrons. The number of carbonyl (C=O) groups is 1. The smallest absolute Gasteiger partial charge is 0.262 e. The molecule has 0 aliphatic heterocycles. The summed E-state index contributed by atoms with van der Waals surface area (Å²) in [6.45, 7) is 2.13. The van der Waals surface area contributed by atoms with Gasteiger partial charge in [0.25, 0.3) is 5.91 Å². The predicted octanol–water partition coefficient (Wildman–Crippen LogP) is 4.17. The van der Waals surface area contributed by atoms with Gasteiger partial charge in [-0.25, -0.2) is 8.78 Å². The van der Waals surface area contributed by atoms with E-state index in [1.807, 2.05) is 6.92 Å². The number of halogens is 2. The van der Waals surface area contributed by atoms with Crippen molar-refractivity contribution < 1.29 is 27.8 Å². The molecule has 2 rings (SSSR count). The minimum atomic E-state index is -0.872. The summed E-state index contributed by atoms with van der Waals surface area (Å²) in [6.07, 6.45) is 1.86. The lowest BCUT2D eigenvalue weighted by Crippen LogP contribution is -2.21. The van der Waals surface area contributed by atoms with E-state index in [2.05, 4.69) is 5.32 Å². The van der Waals surface area contributed by atoms with E-state index in [9.17, 15) is 13.6 Å². The maximum Gasteiger partial charge on any atom is 0.262 e. The maximum atomic E-state index is 13.5. The highest BCUT2D eigenvalue weighted by Gasteiger charge is 2.12. The Balaban J connectivity index is 2.02. The second-order valence-electron chi connectivity index (χ2n) is 5.48. The molecule has 0 atom stereocenters. The van der Waals surface area contributed by atoms with Crippen LogP contribution < -0.4 is 19.5 Å². The third-order valence-electron chi connectivity index (χ3n) is 3.47. The number of carbonyl (C=O) groups excluding carboxylic acids is 1. The van der Waals surface area contributed by atoms with Crippen LogP contribution in [0.2, 0.25) is 0 Å². The Labute approximate surface area is 150 Å². The summed E-state index contributed by atoms with van der Waals surface area (Å²) in [5, 5.41) is 2.65. The van der Waals surface area contributed by atoms with Crippen molar-refractivity contribution in [3.63, 3.8) is 0 Å². The van der Waals surface area contributed by atoms with Crippen LogP contribution >= 0.6 is 0 Å². The van der Waals surface area contributed by atoms with Gasteiger partial charge in [0.2, 0.25) is 0 Å². The average Bonchev–Trinajstić information content (AvgIpc) is 2.62. The summed E-state index contributed by atoms with van der Waals surface area (Å²) in [5.41, 5.74) is 0.425. The molecule has 2 aromatic carbocycles. The minimum Gasteiger partial charge on any atom is -0.497 e. The highest BCUT2D eigenvalue weighted by molar-refractivity contribution is 5.93. The molecule has 2 aromatic rings. The fourth-order valence-electron chi connectivity index (χ4n) is 2.11. The highest BCUT2D eigenvalue weighted by atomic mass is 19.1. The number of hydrogen-bond acceptors (Lipinski definition) is 4. The van der Waals surface area contributed by atoms with Gasteiger partial charge >= 0.3 is 0 Å². The van der Waals surface area contributed by atoms with Crippen LogP contribution in [0, 0.1) is 11.6 Å². The van der Waals surface area contributed by atoms with Gasteiger partial charge in [-0.05, 0) is 30.7 Å². The third-order valence-corrected chi connectivity index (χ3v) is 3.47. The molecule has 0 aliphatic rings. The van der Waals surface area contributed by atoms with Crippen molar-refractivity contribution in [2.24, 2.45) is 0 Å². The Hall–Kier alpha value is -2.83. The van der Waals surface area contributed by atoms with E-state index in [0.29, 0.717) is 29.9 Å². The molecule has 0 aromatic heterocycles. The quantitative estimate of drug-likeness (QED) is 0.678. The zero-order valence-electron chi connectivity index (χ0n) is 14.7. The van der Waals surface area contributed by atoms with Crippen LogP contribution in [-0.2, 0) is 4.79 Å². The molecule has 5 nitrogen and oxygen atoms in total. The molecule has 0 fully saturated rings. The van der Waals surface area contributed by atoms with Gasteiger partial charge in [-0.15, -0.1) is 0 Å². The standard InChI is InChI=1S/C19H21F2NO4/c1-3-4-9-25-18-8-6-14(24-2)11-16(18)22-19(23)12-26-17-7-5-13(20)10-15(17)21/h5-8,10-11H,3-4,9,12H2,1-2H3,(H,22,23). The van der Waals surface area contributed by atoms with Gasteiger partial charge in [-0.1, -0.05) is 13.3 Å². The lowest BCUT2D eigenvalue weighted by Gasteiger charge is -2.14. The summed E-state index contributed by atoms with van der Waals surface area (Å²) in [4.78, 5) is 12.1. The van der Waals surface area contributed by atoms with Gasteiger partial charge in [0.05, 0.1) is 19.4 Å². The van der Waals surface area contributed by atoms with Gasteiger partial charge < -0.3 is 19.5 Å². The lowest BCUT2D eigenvalue weighted by atomic mass is 10.2. The largest absolute Gasteiger partial charge is 0.497 e. The first-order chi connectivity index (χ1) is 12.5. The average molecular weight is 365 g/mol. The first-order valence-corrected chi connectivity index (χ1v) is 8.22. The molecule has 1 amide bonds. The normalized spacial score (nSPS) is 10.3. The van der Waals surface area contributed by atoms with Crippen molar-refractivity contribution in [2.75, 3.05) is 25.6 Å². The van der Waals surface area contributed by atoms with Crippen molar-refractivity contribution in [3.8, 4) is 17.2 Å². The Bertz CT molecular complexity index is 752. The molecule has 0 radical (unpaired) electrons. The number of rotatable bonds is 9. The molecule has 0 saturated carbocycles. The number of anilines is 1. The van der Waals surface area contributed by atoms with E-state index in [4.69, 9.17) is 14.2 Å². The topological polar surface area (TPSA) is 56.8 Å². The van der Waals surface area contributed by atoms with E-state index in [-0.39, 0.29) is 5.75 Å². The predicted molar refractivity (Wildman–Crippen MR) is 93.9 cm³/mol. The number of amides is 1. The molecule has 0 heterocycles. The van der Waals surface area contributed by atoms with Gasteiger partial charge in [-0.2, -0.15) is 0 Å². The van der Waals surface area contributed by atoms with Crippen LogP contribution in [0.4, 0.5) is 14.5 Å². The minimum absolute atomic E-state index is 0.202. The molecule has 26 heavy (non-hydrogen) atoms. The number of nitrogens with one attached hydrogen (secondary N) is 1. The second kappa shape index (κ2) is 9.60. The zero-order chi connectivity index (χ0) is 18.9. The number of unbranched alkanes of at least 4 members (excludes halogenated alkanes) is 1. The number of hydrogen-bond donors (Lipinski definition) is 1. The summed E-state index contributed by atoms with van der Waals surface area (Å²) in [6, 6.07) is 7.92. The monoisotopic (exact) mass is 365 g/mol. The first kappa shape index (κ1) is 19.5. The van der Waals surface area contributed by atoms with Crippen LogP contribution in [0.25, 0.3) is 0 Å². The van der Waals surface area contributed by atoms with Crippen LogP contribution in [0.5, 0.6) is 17.2 Å². The van der Waals surface area contributed by atoms with Crippen LogP contribution in [0.3, 0.4) is 0 Å². The third kappa shape index (κ3) is 5.61. The summed E-state index contributed by atoms with van der Waals surface area (Å²) >= 11 is 0. The molecule has 7 heteroatoms. The maximum absolute atomic E-state index is 13.5. The molecule has 0 saturated heterocycles. The van der Waals surface area contributed by atoms with Crippen molar-refractivity contribution in [1.82, 2.24) is 0 Å². The number of methoxy groups -OCH3 is 1. The molecular weight excluding hydrogens is 344 g/mol. The van der Waals surface area contributed by atoms with Crippen molar-refractivity contribution in [1.29, 1.82) is 0 Å². The van der Waals surface area contributed by atoms with Crippen LogP contribution in [-0.4, -0.2) is 26.2 Å². The van der Waals surface area contributed by atoms with Crippen molar-refractivity contribution in [3.05, 3.63) is 48.0 Å². The fourth-order valence-corrected chi connectivity index (χ4v) is 2.11. The van der Waals surface area contributed by atoms with E-state index in [0.717, 1.165) is 25.0 Å². The SMILES string of the molecule is CCCCOc1ccc(OC)cc1NC(=O)COc1ccc(F)cc1F. The summed E-state index contributed by atoms with van der Waals surface area (Å²) in [7, 11) is 1.51. The highest BCUT2D eigenvalue weighted by Crippen LogP contribution is 2.29. The summed E-state index contributed by atoms with van der Waals surface area (Å²) < 4.78 is 42.3. The van der Waals surface area contributed by atoms with E-state index in [1.54, 1.807) is 18.2 Å². The van der Waals surface area contributed by atoms with Gasteiger partial charge in [0, 0.05) is 12.1 Å². The Morgan fingerprint density at radius 3 is 2.54 bits per heavy atom. The van der Waals surface area contributed by atoms with Gasteiger partial charge in [-0.3, -0.25) is 4.79 Å². The molecule has 1 N–H and O–H groups in total. The Morgan fingerprint density at radius 2 is 1.85 bits per heavy atom. The molecular formula is C19H21F2NO4.